The number of hydrogen-bond donors (Lipinski definition) is 0. The van der Waals surface area contributed by atoms with E-state index in [2.05, 4.69) is 44.4 Å². The van der Waals surface area contributed by atoms with Crippen LogP contribution in [0.1, 0.15) is 39.8 Å². The van der Waals surface area contributed by atoms with Gasteiger partial charge in [-0.25, -0.2) is 4.98 Å². The summed E-state index contributed by atoms with van der Waals surface area (Å²) < 4.78 is 10.3. The Morgan fingerprint density at radius 2 is 1.27 bits per heavy atom. The van der Waals surface area contributed by atoms with Crippen LogP contribution < -0.4 is 9.47 Å². The minimum atomic E-state index is 0.204. The highest BCUT2D eigenvalue weighted by molar-refractivity contribution is 7.13. The maximum atomic E-state index is 5.20. The molecular formula is C26H30N8O2S. The van der Waals surface area contributed by atoms with Gasteiger partial charge in [0.1, 0.15) is 27.9 Å². The van der Waals surface area contributed by atoms with E-state index in [1.165, 1.54) is 0 Å². The van der Waals surface area contributed by atoms with Crippen molar-refractivity contribution in [3.63, 3.8) is 0 Å². The van der Waals surface area contributed by atoms with Crippen molar-refractivity contribution < 1.29 is 9.47 Å². The van der Waals surface area contributed by atoms with Crippen LogP contribution in [0.5, 0.6) is 11.5 Å². The molecule has 0 N–H and O–H groups in total. The normalized spacial score (nSPS) is 10.9. The van der Waals surface area contributed by atoms with Crippen LogP contribution in [0, 0.1) is 0 Å². The molecule has 0 saturated carbocycles. The molecule has 0 unspecified atom stereocenters. The van der Waals surface area contributed by atoms with Gasteiger partial charge in [-0.15, -0.1) is 26.6 Å². The third-order valence-electron chi connectivity index (χ3n) is 5.33. The Morgan fingerprint density at radius 3 is 1.76 bits per heavy atom. The molecule has 0 spiro atoms. The summed E-state index contributed by atoms with van der Waals surface area (Å²) in [6.45, 7) is 8.14. The van der Waals surface area contributed by atoms with Crippen LogP contribution in [0.25, 0.3) is 33.3 Å². The van der Waals surface area contributed by atoms with Crippen molar-refractivity contribution in [2.24, 2.45) is 0 Å². The average molecular weight is 519 g/mol. The van der Waals surface area contributed by atoms with Crippen LogP contribution in [0.15, 0.2) is 60.1 Å². The summed E-state index contributed by atoms with van der Waals surface area (Å²) in [4.78, 5) is 7.69. The van der Waals surface area contributed by atoms with Gasteiger partial charge >= 0.3 is 0 Å². The van der Waals surface area contributed by atoms with E-state index in [1.54, 1.807) is 41.3 Å². The van der Waals surface area contributed by atoms with Crippen molar-refractivity contribution in [3.8, 4) is 44.8 Å². The van der Waals surface area contributed by atoms with E-state index in [9.17, 15) is 0 Å². The maximum absolute atomic E-state index is 5.20. The first-order valence-corrected chi connectivity index (χ1v) is 12.7. The number of rotatable bonds is 7. The molecule has 0 amide bonds. The Balaban J connectivity index is 0.000000180. The van der Waals surface area contributed by atoms with Crippen molar-refractivity contribution in [1.29, 1.82) is 0 Å². The van der Waals surface area contributed by atoms with Gasteiger partial charge in [-0.3, -0.25) is 0 Å². The minimum Gasteiger partial charge on any atom is -0.497 e. The van der Waals surface area contributed by atoms with Crippen molar-refractivity contribution >= 4 is 11.3 Å². The molecule has 0 aliphatic heterocycles. The number of hydrogen-bond acceptors (Lipinski definition) is 9. The highest BCUT2D eigenvalue weighted by Gasteiger charge is 2.18. The van der Waals surface area contributed by atoms with E-state index < -0.39 is 0 Å². The smallest absolute Gasteiger partial charge is 0.204 e. The lowest BCUT2D eigenvalue weighted by Gasteiger charge is -2.02. The number of nitrogens with zero attached hydrogens (tertiary/aromatic N) is 8. The van der Waals surface area contributed by atoms with E-state index in [-0.39, 0.29) is 12.1 Å². The van der Waals surface area contributed by atoms with Gasteiger partial charge in [0.2, 0.25) is 5.82 Å². The molecule has 10 nitrogen and oxygen atoms in total. The lowest BCUT2D eigenvalue weighted by molar-refractivity contribution is 0.414. The van der Waals surface area contributed by atoms with Crippen molar-refractivity contribution in [2.75, 3.05) is 14.2 Å². The second-order valence-corrected chi connectivity index (χ2v) is 9.53. The molecule has 0 aliphatic carbocycles. The topological polar surface area (TPSA) is 106 Å². The zero-order chi connectivity index (χ0) is 26.4. The minimum absolute atomic E-state index is 0.204. The van der Waals surface area contributed by atoms with Crippen molar-refractivity contribution in [1.82, 2.24) is 40.2 Å². The summed E-state index contributed by atoms with van der Waals surface area (Å²) in [5.74, 6) is 2.28. The maximum Gasteiger partial charge on any atom is 0.204 e. The number of tetrazole rings is 1. The molecule has 37 heavy (non-hydrogen) atoms. The molecule has 0 aliphatic rings. The van der Waals surface area contributed by atoms with Gasteiger partial charge in [0, 0.05) is 22.7 Å². The van der Waals surface area contributed by atoms with Gasteiger partial charge in [0.25, 0.3) is 0 Å². The van der Waals surface area contributed by atoms with E-state index in [0.29, 0.717) is 5.82 Å². The zero-order valence-corrected chi connectivity index (χ0v) is 22.5. The fourth-order valence-electron chi connectivity index (χ4n) is 3.28. The van der Waals surface area contributed by atoms with E-state index in [1.807, 2.05) is 67.8 Å². The van der Waals surface area contributed by atoms with Crippen LogP contribution in [-0.4, -0.2) is 54.4 Å². The Kier molecular flexibility index (Phi) is 8.24. The Labute approximate surface area is 219 Å². The summed E-state index contributed by atoms with van der Waals surface area (Å²) >= 11 is 1.57. The molecule has 5 rings (SSSR count). The predicted molar refractivity (Wildman–Crippen MR) is 144 cm³/mol. The van der Waals surface area contributed by atoms with Gasteiger partial charge in [-0.1, -0.05) is 0 Å². The molecule has 192 valence electrons. The van der Waals surface area contributed by atoms with E-state index in [4.69, 9.17) is 9.47 Å². The summed E-state index contributed by atoms with van der Waals surface area (Å²) in [6.07, 6.45) is 1.78. The van der Waals surface area contributed by atoms with Crippen LogP contribution in [-0.2, 0) is 0 Å². The molecule has 0 radical (unpaired) electrons. The van der Waals surface area contributed by atoms with Crippen molar-refractivity contribution in [2.45, 2.75) is 39.8 Å². The van der Waals surface area contributed by atoms with Gasteiger partial charge in [0.15, 0.2) is 0 Å². The number of benzene rings is 2. The highest BCUT2D eigenvalue weighted by Crippen LogP contribution is 2.31. The van der Waals surface area contributed by atoms with Crippen LogP contribution in [0.3, 0.4) is 0 Å². The molecule has 0 saturated heterocycles. The number of thiazole rings is 1. The van der Waals surface area contributed by atoms with Gasteiger partial charge in [-0.05, 0) is 81.4 Å². The fraction of sp³-hybridized carbons (Fsp3) is 0.308. The summed E-state index contributed by atoms with van der Waals surface area (Å²) in [7, 11) is 3.30. The van der Waals surface area contributed by atoms with Crippen molar-refractivity contribution in [3.05, 3.63) is 60.1 Å². The summed E-state index contributed by atoms with van der Waals surface area (Å²) in [6, 6.07) is 15.9. The molecule has 3 aromatic heterocycles. The Morgan fingerprint density at radius 1 is 0.703 bits per heavy atom. The van der Waals surface area contributed by atoms with Gasteiger partial charge < -0.3 is 9.47 Å². The van der Waals surface area contributed by atoms with E-state index in [0.717, 1.165) is 39.0 Å². The molecule has 11 heteroatoms. The summed E-state index contributed by atoms with van der Waals surface area (Å²) in [5.41, 5.74) is 3.62. The standard InChI is InChI=1S/C15H16N4OS.C11H14N4O/c1-10(2)19-17-13(11-4-6-12(20-3)7-5-11)14(18-19)15-16-8-9-21-15;1-8(2)15-13-11(12-14-15)9-4-6-10(16-3)7-5-9/h4-10H,1-3H3;4-8H,1-3H3. The van der Waals surface area contributed by atoms with Gasteiger partial charge in [0.05, 0.1) is 26.3 Å². The van der Waals surface area contributed by atoms with Crippen LogP contribution in [0.4, 0.5) is 0 Å². The molecule has 0 fully saturated rings. The third kappa shape index (κ3) is 6.18. The quantitative estimate of drug-likeness (QED) is 0.275. The first-order valence-electron chi connectivity index (χ1n) is 11.8. The van der Waals surface area contributed by atoms with Crippen LogP contribution >= 0.6 is 11.3 Å². The van der Waals surface area contributed by atoms with E-state index >= 15 is 0 Å². The lowest BCUT2D eigenvalue weighted by atomic mass is 10.1. The zero-order valence-electron chi connectivity index (χ0n) is 21.7. The number of aromatic nitrogens is 8. The number of methoxy groups -OCH3 is 2. The first kappa shape index (κ1) is 26.0. The second-order valence-electron chi connectivity index (χ2n) is 8.63. The fourth-order valence-corrected chi connectivity index (χ4v) is 3.90. The predicted octanol–water partition coefficient (Wildman–Crippen LogP) is 5.59. The SMILES string of the molecule is COc1ccc(-c2nn(C(C)C)nc2-c2nccs2)cc1.COc1ccc(-c2nnn(C(C)C)n2)cc1. The molecule has 0 atom stereocenters. The molecule has 5 aromatic rings. The molecular weight excluding hydrogens is 488 g/mol. The Bertz CT molecular complexity index is 1390. The van der Waals surface area contributed by atoms with Gasteiger partial charge in [-0.2, -0.15) is 14.7 Å². The first-order chi connectivity index (χ1) is 17.9. The van der Waals surface area contributed by atoms with Crippen LogP contribution in [0.2, 0.25) is 0 Å². The summed E-state index contributed by atoms with van der Waals surface area (Å²) in [5, 5.41) is 24.3. The Hall–Kier alpha value is -4.12. The lowest BCUT2D eigenvalue weighted by Crippen LogP contribution is -2.04. The monoisotopic (exact) mass is 518 g/mol. The largest absolute Gasteiger partial charge is 0.497 e. The second kappa shape index (κ2) is 11.7. The third-order valence-corrected chi connectivity index (χ3v) is 6.11. The molecule has 0 bridgehead atoms. The number of ether oxygens (including phenoxy) is 2. The highest BCUT2D eigenvalue weighted by atomic mass is 32.1. The molecule has 2 aromatic carbocycles. The average Bonchev–Trinajstić information content (AvgIpc) is 3.69. The molecule has 3 heterocycles.